The molecule has 128 valence electrons. The number of halogens is 1. The molecular weight excluding hydrogens is 360 g/mol. The molecule has 27 heavy (non-hydrogen) atoms. The van der Waals surface area contributed by atoms with Gasteiger partial charge in [-0.3, -0.25) is 4.68 Å². The second-order valence-electron chi connectivity index (χ2n) is 5.91. The highest BCUT2D eigenvalue weighted by molar-refractivity contribution is 6.31. The van der Waals surface area contributed by atoms with Gasteiger partial charge in [0.15, 0.2) is 5.65 Å². The van der Waals surface area contributed by atoms with Crippen molar-refractivity contribution in [2.75, 3.05) is 0 Å². The van der Waals surface area contributed by atoms with E-state index in [-0.39, 0.29) is 16.3 Å². The first-order chi connectivity index (χ1) is 13.1. The van der Waals surface area contributed by atoms with Gasteiger partial charge < -0.3 is 0 Å². The summed E-state index contributed by atoms with van der Waals surface area (Å²) in [5.74, 6) is 0. The molecule has 0 atom stereocenters. The van der Waals surface area contributed by atoms with Gasteiger partial charge in [-0.1, -0.05) is 41.9 Å². The monoisotopic (exact) mass is 370 g/mol. The zero-order valence-corrected chi connectivity index (χ0v) is 14.9. The van der Waals surface area contributed by atoms with Gasteiger partial charge in [-0.15, -0.1) is 0 Å². The smallest absolute Gasteiger partial charge is 0.181 e. The van der Waals surface area contributed by atoms with Gasteiger partial charge in [0.05, 0.1) is 16.8 Å². The third kappa shape index (κ3) is 2.79. The largest absolute Gasteiger partial charge is 0.273 e. The number of nitriles is 2. The molecule has 0 bridgehead atoms. The number of hydrogen-bond donors (Lipinski definition) is 0. The molecule has 4 rings (SSSR count). The van der Waals surface area contributed by atoms with E-state index in [0.717, 1.165) is 10.9 Å². The first-order valence-electron chi connectivity index (χ1n) is 8.01. The average molecular weight is 371 g/mol. The van der Waals surface area contributed by atoms with E-state index >= 15 is 0 Å². The van der Waals surface area contributed by atoms with Crippen LogP contribution in [0.4, 0.5) is 0 Å². The molecule has 7 heteroatoms. The first kappa shape index (κ1) is 16.7. The number of aromatic nitrogens is 4. The van der Waals surface area contributed by atoms with Crippen LogP contribution in [0.1, 0.15) is 11.1 Å². The van der Waals surface area contributed by atoms with Crippen molar-refractivity contribution >= 4 is 22.6 Å². The molecule has 0 amide bonds. The van der Waals surface area contributed by atoms with Crippen molar-refractivity contribution in [2.24, 2.45) is 7.05 Å². The number of nitrogens with zero attached hydrogens (tertiary/aromatic N) is 6. The number of pyridine rings is 2. The van der Waals surface area contributed by atoms with Crippen LogP contribution in [0, 0.1) is 22.7 Å². The molecule has 0 unspecified atom stereocenters. The Hall–Kier alpha value is -3.74. The first-order valence-corrected chi connectivity index (χ1v) is 8.39. The number of benzene rings is 1. The highest BCUT2D eigenvalue weighted by Gasteiger charge is 2.21. The van der Waals surface area contributed by atoms with E-state index in [1.165, 1.54) is 0 Å². The summed E-state index contributed by atoms with van der Waals surface area (Å²) < 4.78 is 1.67. The topological polar surface area (TPSA) is 91.2 Å². The quantitative estimate of drug-likeness (QED) is 0.495. The third-order valence-electron chi connectivity index (χ3n) is 4.19. The Morgan fingerprint density at radius 2 is 1.78 bits per heavy atom. The molecule has 0 saturated heterocycles. The summed E-state index contributed by atoms with van der Waals surface area (Å²) in [5, 5.41) is 24.6. The van der Waals surface area contributed by atoms with Gasteiger partial charge in [-0.05, 0) is 11.6 Å². The lowest BCUT2D eigenvalue weighted by Gasteiger charge is -2.12. The van der Waals surface area contributed by atoms with Crippen molar-refractivity contribution in [3.05, 3.63) is 65.1 Å². The van der Waals surface area contributed by atoms with Crippen LogP contribution >= 0.6 is 11.6 Å². The summed E-state index contributed by atoms with van der Waals surface area (Å²) in [6, 6.07) is 15.3. The highest BCUT2D eigenvalue weighted by atomic mass is 35.5. The van der Waals surface area contributed by atoms with Crippen LogP contribution in [0.2, 0.25) is 5.15 Å². The van der Waals surface area contributed by atoms with E-state index in [4.69, 9.17) is 11.6 Å². The Bertz CT molecular complexity index is 1260. The van der Waals surface area contributed by atoms with Crippen LogP contribution in [0.5, 0.6) is 0 Å². The molecule has 0 aliphatic rings. The predicted octanol–water partition coefficient (Wildman–Crippen LogP) is 4.09. The number of hydrogen-bond acceptors (Lipinski definition) is 5. The van der Waals surface area contributed by atoms with Gasteiger partial charge in [-0.2, -0.15) is 15.6 Å². The van der Waals surface area contributed by atoms with Crippen LogP contribution in [-0.2, 0) is 7.05 Å². The number of rotatable bonds is 2. The summed E-state index contributed by atoms with van der Waals surface area (Å²) in [7, 11) is 1.81. The molecule has 6 nitrogen and oxygen atoms in total. The average Bonchev–Trinajstić information content (AvgIpc) is 3.06. The van der Waals surface area contributed by atoms with Crippen molar-refractivity contribution < 1.29 is 0 Å². The molecule has 0 fully saturated rings. The minimum atomic E-state index is 0.0524. The maximum absolute atomic E-state index is 9.87. The highest BCUT2D eigenvalue weighted by Crippen LogP contribution is 2.36. The lowest BCUT2D eigenvalue weighted by atomic mass is 9.93. The van der Waals surface area contributed by atoms with Gasteiger partial charge in [-0.25, -0.2) is 9.97 Å². The van der Waals surface area contributed by atoms with Gasteiger partial charge >= 0.3 is 0 Å². The summed E-state index contributed by atoms with van der Waals surface area (Å²) in [6.45, 7) is 0. The molecule has 0 N–H and O–H groups in total. The van der Waals surface area contributed by atoms with E-state index in [1.54, 1.807) is 10.9 Å². The van der Waals surface area contributed by atoms with Crippen molar-refractivity contribution in [2.45, 2.75) is 0 Å². The van der Waals surface area contributed by atoms with Crippen LogP contribution in [0.25, 0.3) is 33.4 Å². The molecule has 4 aromatic rings. The summed E-state index contributed by atoms with van der Waals surface area (Å²) >= 11 is 6.31. The Labute approximate surface area is 159 Å². The fourth-order valence-electron chi connectivity index (χ4n) is 3.03. The van der Waals surface area contributed by atoms with Crippen LogP contribution in [0.15, 0.2) is 48.8 Å². The maximum Gasteiger partial charge on any atom is 0.181 e. The van der Waals surface area contributed by atoms with Gasteiger partial charge in [0, 0.05) is 36.0 Å². The molecular formula is C20H11ClN6. The summed E-state index contributed by atoms with van der Waals surface area (Å²) in [6.07, 6.45) is 3.44. The van der Waals surface area contributed by atoms with Crippen molar-refractivity contribution in [1.82, 2.24) is 19.7 Å². The molecule has 0 saturated carbocycles. The maximum atomic E-state index is 9.87. The van der Waals surface area contributed by atoms with Crippen molar-refractivity contribution in [3.63, 3.8) is 0 Å². The zero-order valence-electron chi connectivity index (χ0n) is 14.2. The van der Waals surface area contributed by atoms with Gasteiger partial charge in [0.25, 0.3) is 0 Å². The minimum Gasteiger partial charge on any atom is -0.273 e. The summed E-state index contributed by atoms with van der Waals surface area (Å²) in [4.78, 5) is 8.68. The van der Waals surface area contributed by atoms with E-state index in [9.17, 15) is 10.5 Å². The zero-order chi connectivity index (χ0) is 19.0. The van der Waals surface area contributed by atoms with Gasteiger partial charge in [0.1, 0.15) is 17.3 Å². The molecule has 0 aliphatic carbocycles. The normalized spacial score (nSPS) is 10.5. The molecule has 3 aromatic heterocycles. The Kier molecular flexibility index (Phi) is 4.04. The lowest BCUT2D eigenvalue weighted by molar-refractivity contribution is 0.776. The SMILES string of the molecule is Cn1cc2cc(-c3nc(Cl)c(C#N)c(-c4ccccc4)c3C#N)cnc2n1. The van der Waals surface area contributed by atoms with Crippen LogP contribution in [0.3, 0.4) is 0 Å². The number of aryl methyl sites for hydroxylation is 1. The fourth-order valence-corrected chi connectivity index (χ4v) is 3.25. The molecule has 0 aliphatic heterocycles. The third-order valence-corrected chi connectivity index (χ3v) is 4.46. The molecule has 3 heterocycles. The van der Waals surface area contributed by atoms with Crippen molar-refractivity contribution in [3.8, 4) is 34.5 Å². The fraction of sp³-hybridized carbons (Fsp3) is 0.0500. The Balaban J connectivity index is 2.05. The van der Waals surface area contributed by atoms with Crippen LogP contribution in [-0.4, -0.2) is 19.7 Å². The van der Waals surface area contributed by atoms with E-state index in [1.807, 2.05) is 49.6 Å². The van der Waals surface area contributed by atoms with Crippen molar-refractivity contribution in [1.29, 1.82) is 10.5 Å². The van der Waals surface area contributed by atoms with E-state index < -0.39 is 0 Å². The predicted molar refractivity (Wildman–Crippen MR) is 102 cm³/mol. The number of fused-ring (bicyclic) bond motifs is 1. The molecule has 1 aromatic carbocycles. The second-order valence-corrected chi connectivity index (χ2v) is 6.26. The second kappa shape index (κ2) is 6.53. The minimum absolute atomic E-state index is 0.0524. The summed E-state index contributed by atoms with van der Waals surface area (Å²) in [5.41, 5.74) is 3.29. The molecule has 0 radical (unpaired) electrons. The Morgan fingerprint density at radius 3 is 2.48 bits per heavy atom. The Morgan fingerprint density at radius 1 is 1.04 bits per heavy atom. The van der Waals surface area contributed by atoms with Gasteiger partial charge in [0.2, 0.25) is 0 Å². The molecule has 0 spiro atoms. The van der Waals surface area contributed by atoms with Crippen LogP contribution < -0.4 is 0 Å². The standard InChI is InChI=1S/C20H11ClN6/c1-27-11-14-7-13(10-24-20(14)26-27)18-15(8-22)17(12-5-3-2-4-6-12)16(9-23)19(21)25-18/h2-7,10-11H,1H3. The van der Waals surface area contributed by atoms with E-state index in [2.05, 4.69) is 27.2 Å². The lowest BCUT2D eigenvalue weighted by Crippen LogP contribution is -1.99. The van der Waals surface area contributed by atoms with E-state index in [0.29, 0.717) is 22.5 Å².